The Hall–Kier alpha value is -2.80. The van der Waals surface area contributed by atoms with Crippen LogP contribution < -0.4 is 16.4 Å². The molecule has 1 unspecified atom stereocenters. The van der Waals surface area contributed by atoms with Gasteiger partial charge in [0.1, 0.15) is 11.5 Å². The molecule has 0 amide bonds. The molecule has 0 saturated heterocycles. The molecule has 0 fully saturated rings. The smallest absolute Gasteiger partial charge is 0.180 e. The van der Waals surface area contributed by atoms with Gasteiger partial charge >= 0.3 is 0 Å². The molecule has 0 aliphatic heterocycles. The number of rotatable bonds is 14. The van der Waals surface area contributed by atoms with Crippen molar-refractivity contribution >= 4 is 11.6 Å². The number of nitrogens with zero attached hydrogens (tertiary/aromatic N) is 2. The molecule has 0 saturated carbocycles. The van der Waals surface area contributed by atoms with Crippen molar-refractivity contribution in [2.45, 2.75) is 101 Å². The highest BCUT2D eigenvalue weighted by Gasteiger charge is 2.13. The molecule has 2 aromatic carbocycles. The number of amidine groups is 1. The van der Waals surface area contributed by atoms with Gasteiger partial charge in [0.2, 0.25) is 0 Å². The van der Waals surface area contributed by atoms with E-state index in [0.29, 0.717) is 12.1 Å². The predicted octanol–water partition coefficient (Wildman–Crippen LogP) is 8.24. The Morgan fingerprint density at radius 2 is 1.59 bits per heavy atom. The van der Waals surface area contributed by atoms with Crippen LogP contribution in [-0.2, 0) is 11.3 Å². The number of carbonyl (C=O) groups is 1. The summed E-state index contributed by atoms with van der Waals surface area (Å²) in [5.74, 6) is 0.948. The van der Waals surface area contributed by atoms with Gasteiger partial charge in [-0.2, -0.15) is 5.53 Å². The molecule has 0 bridgehead atoms. The van der Waals surface area contributed by atoms with Gasteiger partial charge in [-0.15, -0.1) is 0 Å². The van der Waals surface area contributed by atoms with E-state index in [1.807, 2.05) is 48.7 Å². The maximum Gasteiger partial charge on any atom is 0.180 e. The summed E-state index contributed by atoms with van der Waals surface area (Å²) in [6.07, 6.45) is 4.25. The molecule has 3 N–H and O–H groups in total. The summed E-state index contributed by atoms with van der Waals surface area (Å²) in [5, 5.41) is 0. The van der Waals surface area contributed by atoms with E-state index in [0.717, 1.165) is 38.1 Å². The number of benzene rings is 2. The summed E-state index contributed by atoms with van der Waals surface area (Å²) in [4.78, 5) is 19.0. The summed E-state index contributed by atoms with van der Waals surface area (Å²) in [6.45, 7) is 18.9. The van der Waals surface area contributed by atoms with Gasteiger partial charge in [-0.05, 0) is 49.1 Å². The third-order valence-corrected chi connectivity index (χ3v) is 5.78. The topological polar surface area (TPSA) is 68.8 Å². The lowest BCUT2D eigenvalue weighted by Crippen LogP contribution is -2.42. The van der Waals surface area contributed by atoms with E-state index in [1.54, 1.807) is 0 Å². The quantitative estimate of drug-likeness (QED) is 0.0976. The van der Waals surface area contributed by atoms with Crippen LogP contribution in [0.3, 0.4) is 0 Å². The molecule has 1 atom stereocenters. The monoisotopic (exact) mass is 539 g/mol. The molecule has 0 aliphatic carbocycles. The second-order valence-electron chi connectivity index (χ2n) is 8.63. The van der Waals surface area contributed by atoms with Crippen LogP contribution in [0.5, 0.6) is 0 Å². The van der Waals surface area contributed by atoms with E-state index in [4.69, 9.17) is 0 Å². The molecule has 6 heteroatoms. The SMILES string of the molecule is C.C=C(N=C(CCCC)N(C)Cc1ccc(-c2ccccc2C(C)NNNC)cc1)C(=O)CCC.CC.CC. The summed E-state index contributed by atoms with van der Waals surface area (Å²) >= 11 is 0. The van der Waals surface area contributed by atoms with Crippen LogP contribution in [0, 0.1) is 0 Å². The first-order valence-corrected chi connectivity index (χ1v) is 14.3. The minimum absolute atomic E-state index is 0. The van der Waals surface area contributed by atoms with E-state index < -0.39 is 0 Å². The molecule has 220 valence electrons. The number of ketones is 1. The zero-order valence-electron chi connectivity index (χ0n) is 25.4. The fraction of sp³-hybridized carbons (Fsp3) is 0.515. The Bertz CT molecular complexity index is 953. The summed E-state index contributed by atoms with van der Waals surface area (Å²) in [5.41, 5.74) is 14.3. The van der Waals surface area contributed by atoms with Crippen LogP contribution >= 0.6 is 0 Å². The summed E-state index contributed by atoms with van der Waals surface area (Å²) < 4.78 is 0. The van der Waals surface area contributed by atoms with Gasteiger partial charge in [-0.1, -0.05) is 110 Å². The Morgan fingerprint density at radius 3 is 2.15 bits per heavy atom. The zero-order chi connectivity index (χ0) is 28.9. The van der Waals surface area contributed by atoms with Gasteiger partial charge in [0.15, 0.2) is 5.78 Å². The van der Waals surface area contributed by atoms with Crippen LogP contribution in [-0.4, -0.2) is 30.6 Å². The molecule has 0 aromatic heterocycles. The highest BCUT2D eigenvalue weighted by Crippen LogP contribution is 2.28. The van der Waals surface area contributed by atoms with Crippen molar-refractivity contribution in [2.24, 2.45) is 4.99 Å². The highest BCUT2D eigenvalue weighted by atomic mass is 16.1. The lowest BCUT2D eigenvalue weighted by Gasteiger charge is -2.22. The highest BCUT2D eigenvalue weighted by molar-refractivity contribution is 5.97. The third kappa shape index (κ3) is 13.7. The fourth-order valence-corrected chi connectivity index (χ4v) is 3.81. The maximum absolute atomic E-state index is 12.2. The molecular weight excluding hydrogens is 482 g/mol. The zero-order valence-corrected chi connectivity index (χ0v) is 25.4. The van der Waals surface area contributed by atoms with Crippen LogP contribution in [0.4, 0.5) is 0 Å². The first-order chi connectivity index (χ1) is 18.4. The lowest BCUT2D eigenvalue weighted by atomic mass is 9.95. The number of nitrogens with one attached hydrogen (secondary N) is 3. The number of carbonyl (C=O) groups excluding carboxylic acids is 1. The van der Waals surface area contributed by atoms with Crippen LogP contribution in [0.25, 0.3) is 11.1 Å². The minimum atomic E-state index is 0. The number of hydrogen-bond donors (Lipinski definition) is 3. The van der Waals surface area contributed by atoms with Crippen molar-refractivity contribution in [3.05, 3.63) is 71.9 Å². The minimum Gasteiger partial charge on any atom is -0.359 e. The van der Waals surface area contributed by atoms with E-state index >= 15 is 0 Å². The number of Topliss-reactive ketones (excluding diaryl/α,β-unsaturated/α-hetero) is 1. The van der Waals surface area contributed by atoms with E-state index in [9.17, 15) is 4.79 Å². The number of aliphatic imine (C=N–C) groups is 1. The van der Waals surface area contributed by atoms with Crippen molar-refractivity contribution < 1.29 is 4.79 Å². The van der Waals surface area contributed by atoms with E-state index in [-0.39, 0.29) is 19.3 Å². The Morgan fingerprint density at radius 1 is 0.974 bits per heavy atom. The van der Waals surface area contributed by atoms with E-state index in [2.05, 4.69) is 95.2 Å². The average Bonchev–Trinajstić information content (AvgIpc) is 2.96. The normalized spacial score (nSPS) is 11.2. The van der Waals surface area contributed by atoms with Crippen molar-refractivity contribution in [3.8, 4) is 11.1 Å². The Labute approximate surface area is 240 Å². The van der Waals surface area contributed by atoms with Crippen LogP contribution in [0.1, 0.15) is 105 Å². The largest absolute Gasteiger partial charge is 0.359 e. The number of allylic oxidation sites excluding steroid dienone is 1. The molecule has 0 radical (unpaired) electrons. The van der Waals surface area contributed by atoms with Crippen molar-refractivity contribution in [1.82, 2.24) is 21.3 Å². The molecular formula is C33H57N5O. The molecule has 0 heterocycles. The van der Waals surface area contributed by atoms with Gasteiger partial charge in [0, 0.05) is 32.5 Å². The fourth-order valence-electron chi connectivity index (χ4n) is 3.81. The average molecular weight is 540 g/mol. The molecule has 6 nitrogen and oxygen atoms in total. The van der Waals surface area contributed by atoms with E-state index in [1.165, 1.54) is 22.3 Å². The van der Waals surface area contributed by atoms with Gasteiger partial charge in [-0.3, -0.25) is 4.79 Å². The van der Waals surface area contributed by atoms with Crippen LogP contribution in [0.15, 0.2) is 65.8 Å². The second-order valence-corrected chi connectivity index (χ2v) is 8.63. The van der Waals surface area contributed by atoms with Crippen LogP contribution in [0.2, 0.25) is 0 Å². The van der Waals surface area contributed by atoms with Gasteiger partial charge in [-0.25, -0.2) is 15.8 Å². The van der Waals surface area contributed by atoms with Gasteiger partial charge < -0.3 is 4.90 Å². The Kier molecular flexibility index (Phi) is 22.7. The number of unbranched alkanes of at least 4 members (excludes halogenated alkanes) is 1. The third-order valence-electron chi connectivity index (χ3n) is 5.78. The van der Waals surface area contributed by atoms with Gasteiger partial charge in [0.05, 0.1) is 0 Å². The number of hydrogen-bond acceptors (Lipinski definition) is 5. The van der Waals surface area contributed by atoms with Gasteiger partial charge in [0.25, 0.3) is 0 Å². The summed E-state index contributed by atoms with van der Waals surface area (Å²) in [6, 6.07) is 17.3. The second kappa shape index (κ2) is 23.1. The molecule has 2 rings (SSSR count). The van der Waals surface area contributed by atoms with Crippen molar-refractivity contribution in [1.29, 1.82) is 0 Å². The molecule has 0 spiro atoms. The Balaban J connectivity index is 0. The molecule has 39 heavy (non-hydrogen) atoms. The first kappa shape index (κ1) is 38.3. The first-order valence-electron chi connectivity index (χ1n) is 14.3. The standard InChI is InChI=1S/C28H41N5O.2C2H6.CH4/c1-7-9-15-28(30-22(4)27(34)12-8-2)33(6)20-23-16-18-24(19-17-23)26-14-11-10-13-25(26)21(3)31-32-29-5;2*1-2;/h10-11,13-14,16-19,21,29,31-32H,4,7-9,12,15,20H2,1-3,5-6H3;2*1-2H3;1H4. The number of hydrazine groups is 2. The lowest BCUT2D eigenvalue weighted by molar-refractivity contribution is -0.115. The maximum atomic E-state index is 12.2. The predicted molar refractivity (Wildman–Crippen MR) is 173 cm³/mol. The molecule has 2 aromatic rings. The summed E-state index contributed by atoms with van der Waals surface area (Å²) in [7, 11) is 3.87. The molecule has 0 aliphatic rings. The van der Waals surface area contributed by atoms with Crippen molar-refractivity contribution in [3.63, 3.8) is 0 Å². The van der Waals surface area contributed by atoms with Crippen molar-refractivity contribution in [2.75, 3.05) is 14.1 Å².